The van der Waals surface area contributed by atoms with Crippen molar-refractivity contribution in [1.29, 1.82) is 0 Å². The van der Waals surface area contributed by atoms with Gasteiger partial charge in [-0.3, -0.25) is 4.79 Å². The highest BCUT2D eigenvalue weighted by atomic mass is 32.2. The summed E-state index contributed by atoms with van der Waals surface area (Å²) in [6.07, 6.45) is 0.770. The maximum Gasteiger partial charge on any atom is 0.315 e. The summed E-state index contributed by atoms with van der Waals surface area (Å²) in [5.41, 5.74) is 0. The van der Waals surface area contributed by atoms with Gasteiger partial charge in [-0.05, 0) is 17.9 Å². The Bertz CT molecular complexity index is 526. The molecule has 0 saturated carbocycles. The minimum Gasteiger partial charge on any atom is -0.468 e. The second-order valence-corrected chi connectivity index (χ2v) is 8.49. The van der Waals surface area contributed by atoms with Crippen LogP contribution in [0.15, 0.2) is 21.7 Å². The van der Waals surface area contributed by atoms with Crippen LogP contribution in [0.3, 0.4) is 0 Å². The fourth-order valence-electron chi connectivity index (χ4n) is 1.83. The van der Waals surface area contributed by atoms with E-state index in [9.17, 15) is 13.2 Å². The summed E-state index contributed by atoms with van der Waals surface area (Å²) in [6, 6.07) is 3.35. The van der Waals surface area contributed by atoms with Crippen molar-refractivity contribution in [3.05, 3.63) is 17.5 Å². The molecule has 1 aromatic heterocycles. The average Bonchev–Trinajstić information content (AvgIpc) is 3.06. The van der Waals surface area contributed by atoms with E-state index in [1.54, 1.807) is 17.5 Å². The van der Waals surface area contributed by atoms with E-state index in [2.05, 4.69) is 4.74 Å². The second kappa shape index (κ2) is 6.25. The highest BCUT2D eigenvalue weighted by molar-refractivity contribution is 8.00. The van der Waals surface area contributed by atoms with Crippen molar-refractivity contribution in [2.75, 3.05) is 26.0 Å². The third kappa shape index (κ3) is 3.50. The predicted octanol–water partition coefficient (Wildman–Crippen LogP) is 1.42. The molecule has 1 atom stereocenters. The van der Waals surface area contributed by atoms with Gasteiger partial charge in [-0.15, -0.1) is 23.1 Å². The molecule has 1 aromatic rings. The normalized spacial score (nSPS) is 20.6. The SMILES string of the molecule is COC(=O)CS[C@H]1CCN(S(=O)(=O)c2cccs2)C1. The Kier molecular flexibility index (Phi) is 4.88. The first-order valence-corrected chi connectivity index (χ1v) is 9.13. The lowest BCUT2D eigenvalue weighted by atomic mass is 10.4. The van der Waals surface area contributed by atoms with Crippen molar-refractivity contribution in [1.82, 2.24) is 4.31 Å². The fraction of sp³-hybridized carbons (Fsp3) is 0.545. The Morgan fingerprint density at radius 1 is 1.63 bits per heavy atom. The molecular formula is C11H15NO4S3. The molecule has 0 N–H and O–H groups in total. The first-order valence-electron chi connectivity index (χ1n) is 5.76. The molecule has 1 aliphatic rings. The molecule has 2 rings (SSSR count). The predicted molar refractivity (Wildman–Crippen MR) is 76.0 cm³/mol. The van der Waals surface area contributed by atoms with Gasteiger partial charge in [-0.2, -0.15) is 4.31 Å². The Morgan fingerprint density at radius 2 is 2.42 bits per heavy atom. The Hall–Kier alpha value is -0.570. The van der Waals surface area contributed by atoms with Crippen molar-refractivity contribution in [3.8, 4) is 0 Å². The van der Waals surface area contributed by atoms with Crippen LogP contribution in [0.1, 0.15) is 6.42 Å². The van der Waals surface area contributed by atoms with Crippen molar-refractivity contribution in [2.24, 2.45) is 0 Å². The number of carbonyl (C=O) groups is 1. The molecule has 0 spiro atoms. The van der Waals surface area contributed by atoms with E-state index in [1.165, 1.54) is 34.5 Å². The lowest BCUT2D eigenvalue weighted by Gasteiger charge is -2.15. The summed E-state index contributed by atoms with van der Waals surface area (Å²) in [4.78, 5) is 11.1. The van der Waals surface area contributed by atoms with Gasteiger partial charge in [-0.1, -0.05) is 6.07 Å². The number of thioether (sulfide) groups is 1. The van der Waals surface area contributed by atoms with Gasteiger partial charge in [0.1, 0.15) is 4.21 Å². The molecule has 0 amide bonds. The van der Waals surface area contributed by atoms with E-state index >= 15 is 0 Å². The Labute approximate surface area is 121 Å². The molecular weight excluding hydrogens is 306 g/mol. The van der Waals surface area contributed by atoms with E-state index in [-0.39, 0.29) is 17.0 Å². The Morgan fingerprint density at radius 3 is 3.05 bits per heavy atom. The third-order valence-corrected chi connectivity index (χ3v) is 7.36. The van der Waals surface area contributed by atoms with Gasteiger partial charge in [0.25, 0.3) is 10.0 Å². The van der Waals surface area contributed by atoms with E-state index in [0.29, 0.717) is 17.3 Å². The number of rotatable bonds is 5. The van der Waals surface area contributed by atoms with Crippen LogP contribution in [0.4, 0.5) is 0 Å². The number of thiophene rings is 1. The largest absolute Gasteiger partial charge is 0.468 e. The van der Waals surface area contributed by atoms with E-state index < -0.39 is 10.0 Å². The van der Waals surface area contributed by atoms with Gasteiger partial charge in [-0.25, -0.2) is 8.42 Å². The summed E-state index contributed by atoms with van der Waals surface area (Å²) < 4.78 is 31.0. The monoisotopic (exact) mass is 321 g/mol. The summed E-state index contributed by atoms with van der Waals surface area (Å²) in [5, 5.41) is 1.92. The number of nitrogens with zero attached hydrogens (tertiary/aromatic N) is 1. The van der Waals surface area contributed by atoms with Gasteiger partial charge >= 0.3 is 5.97 Å². The van der Waals surface area contributed by atoms with Crippen LogP contribution in [0, 0.1) is 0 Å². The van der Waals surface area contributed by atoms with Gasteiger partial charge in [0.2, 0.25) is 0 Å². The lowest BCUT2D eigenvalue weighted by Crippen LogP contribution is -2.28. The standard InChI is InChI=1S/C11H15NO4S3/c1-16-10(13)8-18-9-4-5-12(7-9)19(14,15)11-3-2-6-17-11/h2-3,6,9H,4-5,7-8H2,1H3/t9-/m0/s1. The second-order valence-electron chi connectivity index (χ2n) is 4.09. The van der Waals surface area contributed by atoms with Crippen LogP contribution in [-0.2, 0) is 19.6 Å². The topological polar surface area (TPSA) is 63.7 Å². The van der Waals surface area contributed by atoms with E-state index in [4.69, 9.17) is 0 Å². The van der Waals surface area contributed by atoms with Gasteiger partial charge in [0, 0.05) is 18.3 Å². The highest BCUT2D eigenvalue weighted by Crippen LogP contribution is 2.29. The first kappa shape index (κ1) is 14.8. The van der Waals surface area contributed by atoms with Gasteiger partial charge in [0.05, 0.1) is 12.9 Å². The zero-order valence-corrected chi connectivity index (χ0v) is 12.9. The molecule has 19 heavy (non-hydrogen) atoms. The minimum absolute atomic E-state index is 0.161. The summed E-state index contributed by atoms with van der Waals surface area (Å²) in [6.45, 7) is 0.973. The minimum atomic E-state index is -3.35. The van der Waals surface area contributed by atoms with Crippen LogP contribution in [0.5, 0.6) is 0 Å². The molecule has 1 aliphatic heterocycles. The molecule has 0 aromatic carbocycles. The third-order valence-electron chi connectivity index (χ3n) is 2.86. The Balaban J connectivity index is 1.93. The molecule has 0 radical (unpaired) electrons. The molecule has 8 heteroatoms. The molecule has 1 fully saturated rings. The molecule has 0 aliphatic carbocycles. The maximum absolute atomic E-state index is 12.3. The lowest BCUT2D eigenvalue weighted by molar-refractivity contribution is -0.137. The number of esters is 1. The average molecular weight is 321 g/mol. The first-order chi connectivity index (χ1) is 9.04. The van der Waals surface area contributed by atoms with Crippen LogP contribution in [0.25, 0.3) is 0 Å². The van der Waals surface area contributed by atoms with Crippen molar-refractivity contribution < 1.29 is 17.9 Å². The van der Waals surface area contributed by atoms with Crippen molar-refractivity contribution in [3.63, 3.8) is 0 Å². The van der Waals surface area contributed by atoms with E-state index in [0.717, 1.165) is 6.42 Å². The molecule has 0 bridgehead atoms. The summed E-state index contributed by atoms with van der Waals surface area (Å²) in [7, 11) is -2.00. The van der Waals surface area contributed by atoms with Crippen LogP contribution in [-0.4, -0.2) is 49.9 Å². The molecule has 2 heterocycles. The number of hydrogen-bond acceptors (Lipinski definition) is 6. The maximum atomic E-state index is 12.3. The van der Waals surface area contributed by atoms with E-state index in [1.807, 2.05) is 0 Å². The summed E-state index contributed by atoms with van der Waals surface area (Å²) in [5.74, 6) is -0.00167. The number of ether oxygens (including phenoxy) is 1. The number of methoxy groups -OCH3 is 1. The summed E-state index contributed by atoms with van der Waals surface area (Å²) >= 11 is 2.69. The molecule has 1 saturated heterocycles. The van der Waals surface area contributed by atoms with Crippen molar-refractivity contribution in [2.45, 2.75) is 15.9 Å². The smallest absolute Gasteiger partial charge is 0.315 e. The fourth-order valence-corrected chi connectivity index (χ4v) is 5.62. The quantitative estimate of drug-likeness (QED) is 0.768. The van der Waals surface area contributed by atoms with Gasteiger partial charge in [0.15, 0.2) is 0 Å². The number of sulfonamides is 1. The van der Waals surface area contributed by atoms with Gasteiger partial charge < -0.3 is 4.74 Å². The van der Waals surface area contributed by atoms with Crippen LogP contribution in [0.2, 0.25) is 0 Å². The number of carbonyl (C=O) groups excluding carboxylic acids is 1. The van der Waals surface area contributed by atoms with Crippen molar-refractivity contribution >= 4 is 39.1 Å². The van der Waals surface area contributed by atoms with Crippen LogP contribution < -0.4 is 0 Å². The molecule has 106 valence electrons. The zero-order valence-electron chi connectivity index (χ0n) is 10.4. The molecule has 5 nitrogen and oxygen atoms in total. The highest BCUT2D eigenvalue weighted by Gasteiger charge is 2.33. The molecule has 0 unspecified atom stereocenters. The van der Waals surface area contributed by atoms with Crippen LogP contribution >= 0.6 is 23.1 Å². The number of hydrogen-bond donors (Lipinski definition) is 0. The zero-order chi connectivity index (χ0) is 13.9.